The van der Waals surface area contributed by atoms with Gasteiger partial charge in [-0.3, -0.25) is 0 Å². The summed E-state index contributed by atoms with van der Waals surface area (Å²) in [4.78, 5) is 23.6. The van der Waals surface area contributed by atoms with Crippen molar-refractivity contribution in [1.82, 2.24) is 0 Å². The van der Waals surface area contributed by atoms with E-state index in [2.05, 4.69) is 17.1 Å². The molecular weight excluding hydrogens is 226 g/mol. The molecule has 2 atom stereocenters. The molecule has 0 aliphatic rings. The molecule has 102 valence electrons. The van der Waals surface area contributed by atoms with Gasteiger partial charge in [0.2, 0.25) is 0 Å². The van der Waals surface area contributed by atoms with E-state index in [4.69, 9.17) is 10.2 Å². The topological polar surface area (TPSA) is 96.2 Å². The third-order valence-corrected chi connectivity index (χ3v) is 2.04. The van der Waals surface area contributed by atoms with Crippen LogP contribution in [0.25, 0.3) is 0 Å². The van der Waals surface area contributed by atoms with E-state index in [0.29, 0.717) is 0 Å². The molecule has 0 rings (SSSR count). The van der Waals surface area contributed by atoms with Gasteiger partial charge in [0, 0.05) is 0 Å². The molecule has 0 saturated heterocycles. The van der Waals surface area contributed by atoms with Crippen LogP contribution in [0.3, 0.4) is 0 Å². The standard InChI is InChI=1S/C8H17NO2.C3H6O3/c1-3-4-5-6-7-8(2)11-9-10;1-2(4)3(5)6/h8H,3-7H2,1-2H3;2,4H,1H3,(H,5,6). The summed E-state index contributed by atoms with van der Waals surface area (Å²) in [7, 11) is 0. The fourth-order valence-electron chi connectivity index (χ4n) is 0.985. The van der Waals surface area contributed by atoms with Gasteiger partial charge in [-0.25, -0.2) is 4.79 Å². The van der Waals surface area contributed by atoms with Gasteiger partial charge in [0.1, 0.15) is 12.2 Å². The monoisotopic (exact) mass is 249 g/mol. The highest BCUT2D eigenvalue weighted by molar-refractivity contribution is 5.71. The van der Waals surface area contributed by atoms with Gasteiger partial charge < -0.3 is 15.1 Å². The molecule has 0 aromatic heterocycles. The lowest BCUT2D eigenvalue weighted by atomic mass is 10.1. The first-order valence-corrected chi connectivity index (χ1v) is 5.85. The van der Waals surface area contributed by atoms with Crippen LogP contribution in [0.2, 0.25) is 0 Å². The number of unbranched alkanes of at least 4 members (excludes halogenated alkanes) is 3. The Bertz CT molecular complexity index is 196. The number of hydrogen-bond donors (Lipinski definition) is 2. The molecule has 0 aliphatic heterocycles. The van der Waals surface area contributed by atoms with Crippen molar-refractivity contribution in [2.24, 2.45) is 5.34 Å². The van der Waals surface area contributed by atoms with Gasteiger partial charge in [-0.2, -0.15) is 0 Å². The van der Waals surface area contributed by atoms with Gasteiger partial charge >= 0.3 is 5.97 Å². The second-order valence-corrected chi connectivity index (χ2v) is 3.85. The molecule has 0 radical (unpaired) electrons. The van der Waals surface area contributed by atoms with Crippen molar-refractivity contribution in [1.29, 1.82) is 0 Å². The number of nitrogens with zero attached hydrogens (tertiary/aromatic N) is 1. The van der Waals surface area contributed by atoms with Gasteiger partial charge in [0.15, 0.2) is 5.34 Å². The largest absolute Gasteiger partial charge is 0.479 e. The Kier molecular flexibility index (Phi) is 13.8. The summed E-state index contributed by atoms with van der Waals surface area (Å²) in [5.41, 5.74) is 0. The first kappa shape index (κ1) is 18.2. The van der Waals surface area contributed by atoms with E-state index in [0.717, 1.165) is 12.8 Å². The molecule has 0 fully saturated rings. The average molecular weight is 249 g/mol. The molecule has 0 saturated carbocycles. The van der Waals surface area contributed by atoms with Crippen LogP contribution in [-0.4, -0.2) is 28.4 Å². The van der Waals surface area contributed by atoms with E-state index in [1.54, 1.807) is 0 Å². The van der Waals surface area contributed by atoms with Crippen LogP contribution < -0.4 is 0 Å². The van der Waals surface area contributed by atoms with Crippen LogP contribution in [0.5, 0.6) is 0 Å². The highest BCUT2D eigenvalue weighted by Gasteiger charge is 2.01. The maximum atomic E-state index is 9.63. The van der Waals surface area contributed by atoms with Crippen molar-refractivity contribution < 1.29 is 19.8 Å². The molecule has 6 heteroatoms. The summed E-state index contributed by atoms with van der Waals surface area (Å²) in [6.07, 6.45) is 4.55. The normalized spacial score (nSPS) is 12.9. The fraction of sp³-hybridized carbons (Fsp3) is 0.909. The molecule has 17 heavy (non-hydrogen) atoms. The number of rotatable bonds is 8. The van der Waals surface area contributed by atoms with Crippen LogP contribution in [0, 0.1) is 4.91 Å². The van der Waals surface area contributed by atoms with Crippen LogP contribution in [0.15, 0.2) is 5.34 Å². The van der Waals surface area contributed by atoms with Crippen molar-refractivity contribution in [3.05, 3.63) is 4.91 Å². The Morgan fingerprint density at radius 3 is 2.18 bits per heavy atom. The quantitative estimate of drug-likeness (QED) is 0.391. The van der Waals surface area contributed by atoms with Crippen LogP contribution in [-0.2, 0) is 9.63 Å². The Hall–Kier alpha value is -1.17. The summed E-state index contributed by atoms with van der Waals surface area (Å²) in [5, 5.41) is 18.2. The second kappa shape index (κ2) is 12.9. The van der Waals surface area contributed by atoms with E-state index in [1.165, 1.54) is 26.2 Å². The number of carboxylic acids is 1. The summed E-state index contributed by atoms with van der Waals surface area (Å²) < 4.78 is 0. The number of aliphatic carboxylic acids is 1. The molecule has 0 aromatic rings. The summed E-state index contributed by atoms with van der Waals surface area (Å²) in [6, 6.07) is 0. The smallest absolute Gasteiger partial charge is 0.332 e. The zero-order valence-electron chi connectivity index (χ0n) is 10.8. The second-order valence-electron chi connectivity index (χ2n) is 3.85. The SMILES string of the molecule is CC(O)C(=O)O.CCCCCCC(C)ON=O. The summed E-state index contributed by atoms with van der Waals surface area (Å²) in [5.74, 6) is -1.19. The molecule has 0 spiro atoms. The first-order chi connectivity index (χ1) is 7.95. The van der Waals surface area contributed by atoms with Gasteiger partial charge in [-0.15, -0.1) is 4.91 Å². The number of carbonyl (C=O) groups is 1. The third-order valence-electron chi connectivity index (χ3n) is 2.04. The van der Waals surface area contributed by atoms with Crippen molar-refractivity contribution in [2.45, 2.75) is 65.1 Å². The minimum absolute atomic E-state index is 0.00986. The zero-order valence-corrected chi connectivity index (χ0v) is 10.8. The Labute approximate surface area is 102 Å². The molecule has 2 N–H and O–H groups in total. The summed E-state index contributed by atoms with van der Waals surface area (Å²) in [6.45, 7) is 5.24. The highest BCUT2D eigenvalue weighted by Crippen LogP contribution is 2.07. The predicted molar refractivity (Wildman–Crippen MR) is 64.4 cm³/mol. The Balaban J connectivity index is 0. The molecule has 2 unspecified atom stereocenters. The molecule has 0 aliphatic carbocycles. The predicted octanol–water partition coefficient (Wildman–Crippen LogP) is 2.50. The van der Waals surface area contributed by atoms with Crippen LogP contribution in [0.1, 0.15) is 52.9 Å². The number of aliphatic hydroxyl groups is 1. The molecule has 0 bridgehead atoms. The highest BCUT2D eigenvalue weighted by atomic mass is 16.7. The minimum atomic E-state index is -1.23. The molecule has 0 amide bonds. The Morgan fingerprint density at radius 2 is 1.82 bits per heavy atom. The maximum absolute atomic E-state index is 9.63. The maximum Gasteiger partial charge on any atom is 0.332 e. The van der Waals surface area contributed by atoms with Crippen LogP contribution in [0.4, 0.5) is 0 Å². The first-order valence-electron chi connectivity index (χ1n) is 5.85. The van der Waals surface area contributed by atoms with Gasteiger partial charge in [0.25, 0.3) is 0 Å². The fourth-order valence-corrected chi connectivity index (χ4v) is 0.985. The van der Waals surface area contributed by atoms with Crippen molar-refractivity contribution in [3.8, 4) is 0 Å². The van der Waals surface area contributed by atoms with Crippen LogP contribution >= 0.6 is 0 Å². The minimum Gasteiger partial charge on any atom is -0.479 e. The van der Waals surface area contributed by atoms with Gasteiger partial charge in [-0.1, -0.05) is 26.2 Å². The van der Waals surface area contributed by atoms with E-state index >= 15 is 0 Å². The zero-order chi connectivity index (χ0) is 13.7. The van der Waals surface area contributed by atoms with E-state index in [-0.39, 0.29) is 6.10 Å². The number of aliphatic hydroxyl groups excluding tert-OH is 1. The van der Waals surface area contributed by atoms with Crippen molar-refractivity contribution >= 4 is 5.97 Å². The van der Waals surface area contributed by atoms with Crippen molar-refractivity contribution in [2.75, 3.05) is 0 Å². The third kappa shape index (κ3) is 17.4. The number of carboxylic acid groups (broad SMARTS) is 1. The number of hydrogen-bond acceptors (Lipinski definition) is 5. The molecule has 0 aromatic carbocycles. The molecule has 6 nitrogen and oxygen atoms in total. The van der Waals surface area contributed by atoms with Gasteiger partial charge in [-0.05, 0) is 26.7 Å². The molecule has 0 heterocycles. The Morgan fingerprint density at radius 1 is 1.29 bits per heavy atom. The molecular formula is C11H23NO5. The average Bonchev–Trinajstić information content (AvgIpc) is 2.25. The van der Waals surface area contributed by atoms with E-state index in [1.807, 2.05) is 6.92 Å². The van der Waals surface area contributed by atoms with Gasteiger partial charge in [0.05, 0.1) is 0 Å². The summed E-state index contributed by atoms with van der Waals surface area (Å²) >= 11 is 0. The van der Waals surface area contributed by atoms with E-state index in [9.17, 15) is 9.70 Å². The lowest BCUT2D eigenvalue weighted by molar-refractivity contribution is -0.145. The lowest BCUT2D eigenvalue weighted by Crippen LogP contribution is -2.13. The van der Waals surface area contributed by atoms with E-state index < -0.39 is 12.1 Å². The lowest BCUT2D eigenvalue weighted by Gasteiger charge is -2.05. The van der Waals surface area contributed by atoms with Crippen molar-refractivity contribution in [3.63, 3.8) is 0 Å².